The number of aliphatic carboxylic acids is 1. The number of carboxylic acids is 1. The van der Waals surface area contributed by atoms with E-state index in [0.717, 1.165) is 32.2 Å². The van der Waals surface area contributed by atoms with Gasteiger partial charge in [-0.05, 0) is 39.7 Å². The molecule has 0 aliphatic carbocycles. The first kappa shape index (κ1) is 14.4. The molecule has 0 unspecified atom stereocenters. The van der Waals surface area contributed by atoms with E-state index in [0.29, 0.717) is 0 Å². The summed E-state index contributed by atoms with van der Waals surface area (Å²) in [4.78, 5) is 10.2. The number of hydrogen-bond donors (Lipinski definition) is 3. The monoisotopic (exact) mass is 217 g/mol. The molecule has 0 atom stereocenters. The Morgan fingerprint density at radius 1 is 1.27 bits per heavy atom. The number of hydrogen-bond acceptors (Lipinski definition) is 3. The van der Waals surface area contributed by atoms with E-state index in [9.17, 15) is 4.79 Å². The Morgan fingerprint density at radius 3 is 2.47 bits per heavy atom. The zero-order valence-corrected chi connectivity index (χ0v) is 9.75. The number of aliphatic hydroxyl groups excluding tert-OH is 1. The minimum absolute atomic E-state index is 0.0262. The third kappa shape index (κ3) is 9.69. The van der Waals surface area contributed by atoms with E-state index in [4.69, 9.17) is 10.2 Å². The van der Waals surface area contributed by atoms with E-state index < -0.39 is 5.97 Å². The number of unbranched alkanes of at least 4 members (excludes halogenated alkanes) is 2. The van der Waals surface area contributed by atoms with Crippen molar-refractivity contribution in [2.24, 2.45) is 0 Å². The van der Waals surface area contributed by atoms with Gasteiger partial charge < -0.3 is 15.5 Å². The Morgan fingerprint density at radius 2 is 1.93 bits per heavy atom. The molecule has 0 heterocycles. The lowest BCUT2D eigenvalue weighted by atomic mass is 10.0. The van der Waals surface area contributed by atoms with E-state index in [2.05, 4.69) is 19.2 Å². The van der Waals surface area contributed by atoms with Crippen molar-refractivity contribution in [1.29, 1.82) is 0 Å². The summed E-state index contributed by atoms with van der Waals surface area (Å²) in [6.07, 6.45) is 3.68. The minimum Gasteiger partial charge on any atom is -0.481 e. The molecular weight excluding hydrogens is 194 g/mol. The van der Waals surface area contributed by atoms with Gasteiger partial charge in [0.05, 0.1) is 0 Å². The van der Waals surface area contributed by atoms with Crippen molar-refractivity contribution in [3.8, 4) is 0 Å². The van der Waals surface area contributed by atoms with Crippen molar-refractivity contribution in [2.75, 3.05) is 13.2 Å². The van der Waals surface area contributed by atoms with Gasteiger partial charge in [0.1, 0.15) is 0 Å². The summed E-state index contributed by atoms with van der Waals surface area (Å²) in [5.41, 5.74) is -0.0262. The zero-order chi connectivity index (χ0) is 11.7. The fraction of sp³-hybridized carbons (Fsp3) is 0.909. The molecule has 4 heteroatoms. The largest absolute Gasteiger partial charge is 0.481 e. The van der Waals surface area contributed by atoms with Gasteiger partial charge in [-0.2, -0.15) is 0 Å². The molecule has 0 aliphatic heterocycles. The van der Waals surface area contributed by atoms with Crippen molar-refractivity contribution < 1.29 is 15.0 Å². The molecule has 0 aromatic carbocycles. The Kier molecular flexibility index (Phi) is 7.34. The highest BCUT2D eigenvalue weighted by Gasteiger charge is 2.14. The normalized spacial score (nSPS) is 11.7. The molecule has 0 spiro atoms. The maximum absolute atomic E-state index is 10.2. The summed E-state index contributed by atoms with van der Waals surface area (Å²) in [6, 6.07) is 0. The van der Waals surface area contributed by atoms with Crippen LogP contribution in [0.2, 0.25) is 0 Å². The van der Waals surface area contributed by atoms with Crippen molar-refractivity contribution in [3.05, 3.63) is 0 Å². The van der Waals surface area contributed by atoms with E-state index in [1.165, 1.54) is 0 Å². The maximum Gasteiger partial charge on any atom is 0.303 e. The fourth-order valence-corrected chi connectivity index (χ4v) is 1.37. The average Bonchev–Trinajstić information content (AvgIpc) is 2.10. The maximum atomic E-state index is 10.2. The number of rotatable bonds is 9. The molecule has 4 nitrogen and oxygen atoms in total. The molecule has 0 fully saturated rings. The van der Waals surface area contributed by atoms with Crippen LogP contribution in [0.3, 0.4) is 0 Å². The zero-order valence-electron chi connectivity index (χ0n) is 9.75. The van der Waals surface area contributed by atoms with Crippen LogP contribution in [0.4, 0.5) is 0 Å². The van der Waals surface area contributed by atoms with Crippen LogP contribution in [0.5, 0.6) is 0 Å². The first-order valence-electron chi connectivity index (χ1n) is 5.55. The molecule has 0 saturated heterocycles. The second-order valence-corrected chi connectivity index (χ2v) is 4.49. The lowest BCUT2D eigenvalue weighted by Crippen LogP contribution is -2.40. The van der Waals surface area contributed by atoms with Gasteiger partial charge in [-0.25, -0.2) is 0 Å². The molecule has 90 valence electrons. The first-order chi connectivity index (χ1) is 6.98. The molecule has 0 bridgehead atoms. The van der Waals surface area contributed by atoms with Crippen LogP contribution in [-0.2, 0) is 4.79 Å². The van der Waals surface area contributed by atoms with Gasteiger partial charge in [0, 0.05) is 18.6 Å². The summed E-state index contributed by atoms with van der Waals surface area (Å²) >= 11 is 0. The van der Waals surface area contributed by atoms with E-state index >= 15 is 0 Å². The third-order valence-electron chi connectivity index (χ3n) is 2.41. The summed E-state index contributed by atoms with van der Waals surface area (Å²) in [5, 5.41) is 20.6. The summed E-state index contributed by atoms with van der Waals surface area (Å²) in [7, 11) is 0. The van der Waals surface area contributed by atoms with Crippen LogP contribution < -0.4 is 5.32 Å². The summed E-state index contributed by atoms with van der Waals surface area (Å²) in [5.74, 6) is -0.719. The van der Waals surface area contributed by atoms with Crippen LogP contribution in [0.1, 0.15) is 46.0 Å². The quantitative estimate of drug-likeness (QED) is 0.510. The van der Waals surface area contributed by atoms with Gasteiger partial charge in [-0.3, -0.25) is 4.79 Å². The molecule has 0 amide bonds. The highest BCUT2D eigenvalue weighted by molar-refractivity contribution is 5.66. The van der Waals surface area contributed by atoms with Crippen LogP contribution in [-0.4, -0.2) is 34.9 Å². The topological polar surface area (TPSA) is 69.6 Å². The third-order valence-corrected chi connectivity index (χ3v) is 2.41. The van der Waals surface area contributed by atoms with Crippen LogP contribution in [0.15, 0.2) is 0 Å². The fourth-order valence-electron chi connectivity index (χ4n) is 1.37. The Bertz CT molecular complexity index is 181. The first-order valence-corrected chi connectivity index (χ1v) is 5.55. The van der Waals surface area contributed by atoms with Crippen molar-refractivity contribution in [1.82, 2.24) is 5.32 Å². The summed E-state index contributed by atoms with van der Waals surface area (Å²) in [6.45, 7) is 5.19. The lowest BCUT2D eigenvalue weighted by molar-refractivity contribution is -0.137. The number of aliphatic hydroxyl groups is 1. The summed E-state index contributed by atoms with van der Waals surface area (Å²) < 4.78 is 0. The van der Waals surface area contributed by atoms with E-state index in [-0.39, 0.29) is 18.6 Å². The highest BCUT2D eigenvalue weighted by atomic mass is 16.4. The van der Waals surface area contributed by atoms with Gasteiger partial charge in [0.15, 0.2) is 0 Å². The van der Waals surface area contributed by atoms with Gasteiger partial charge in [0.2, 0.25) is 0 Å². The predicted octanol–water partition coefficient (Wildman–Crippen LogP) is 1.38. The second-order valence-electron chi connectivity index (χ2n) is 4.49. The molecule has 0 aliphatic rings. The van der Waals surface area contributed by atoms with Gasteiger partial charge in [-0.1, -0.05) is 6.42 Å². The molecule has 15 heavy (non-hydrogen) atoms. The Labute approximate surface area is 91.7 Å². The molecule has 0 radical (unpaired) electrons. The van der Waals surface area contributed by atoms with Crippen molar-refractivity contribution >= 4 is 5.97 Å². The molecule has 0 aromatic heterocycles. The van der Waals surface area contributed by atoms with Crippen LogP contribution in [0, 0.1) is 0 Å². The smallest absolute Gasteiger partial charge is 0.303 e. The molecular formula is C11H23NO3. The number of nitrogens with one attached hydrogen (secondary N) is 1. The highest BCUT2D eigenvalue weighted by Crippen LogP contribution is 2.07. The van der Waals surface area contributed by atoms with Gasteiger partial charge in [0.25, 0.3) is 0 Å². The number of carboxylic acid groups (broad SMARTS) is 1. The van der Waals surface area contributed by atoms with Crippen molar-refractivity contribution in [2.45, 2.75) is 51.5 Å². The second kappa shape index (κ2) is 7.65. The Hall–Kier alpha value is -0.610. The van der Waals surface area contributed by atoms with Crippen molar-refractivity contribution in [3.63, 3.8) is 0 Å². The number of carbonyl (C=O) groups is 1. The van der Waals surface area contributed by atoms with E-state index in [1.807, 2.05) is 0 Å². The van der Waals surface area contributed by atoms with Gasteiger partial charge >= 0.3 is 5.97 Å². The van der Waals surface area contributed by atoms with Gasteiger partial charge in [-0.15, -0.1) is 0 Å². The molecule has 0 rings (SSSR count). The van der Waals surface area contributed by atoms with Crippen LogP contribution >= 0.6 is 0 Å². The molecule has 0 aromatic rings. The van der Waals surface area contributed by atoms with Crippen LogP contribution in [0.25, 0.3) is 0 Å². The average molecular weight is 217 g/mol. The SMILES string of the molecule is CC(C)(CCO)NCCCCCC(=O)O. The lowest BCUT2D eigenvalue weighted by Gasteiger charge is -2.25. The molecule has 3 N–H and O–H groups in total. The van der Waals surface area contributed by atoms with E-state index in [1.54, 1.807) is 0 Å². The standard InChI is InChI=1S/C11H23NO3/c1-11(2,7-9-13)12-8-5-3-4-6-10(14)15/h12-13H,3-9H2,1-2H3,(H,14,15). The Balaban J connectivity index is 3.34. The predicted molar refractivity (Wildman–Crippen MR) is 59.9 cm³/mol. The minimum atomic E-state index is -0.719. The molecule has 0 saturated carbocycles.